The zero-order valence-electron chi connectivity index (χ0n) is 10.1. The highest BCUT2D eigenvalue weighted by Crippen LogP contribution is 2.27. The molecule has 0 radical (unpaired) electrons. The maximum absolute atomic E-state index is 6.10. The van der Waals surface area contributed by atoms with Gasteiger partial charge in [-0.2, -0.15) is 0 Å². The summed E-state index contributed by atoms with van der Waals surface area (Å²) < 4.78 is 0.899. The monoisotopic (exact) mass is 317 g/mol. The van der Waals surface area contributed by atoms with Crippen molar-refractivity contribution in [2.24, 2.45) is 0 Å². The van der Waals surface area contributed by atoms with Crippen LogP contribution in [0, 0.1) is 0 Å². The van der Waals surface area contributed by atoms with Gasteiger partial charge >= 0.3 is 0 Å². The third-order valence-electron chi connectivity index (χ3n) is 3.19. The summed E-state index contributed by atoms with van der Waals surface area (Å²) in [5, 5.41) is 3.95. The minimum absolute atomic E-state index is 0.490. The molecule has 1 aromatic heterocycles. The Kier molecular flexibility index (Phi) is 4.28. The van der Waals surface area contributed by atoms with Crippen LogP contribution in [-0.4, -0.2) is 35.6 Å². The SMILES string of the molecule is CC(CNc1ncc(Br)cc1Cl)N(C)C1CC1. The molecule has 1 atom stereocenters. The second-order valence-corrected chi connectivity index (χ2v) is 5.93. The van der Waals surface area contributed by atoms with E-state index in [0.29, 0.717) is 11.1 Å². The largest absolute Gasteiger partial charge is 0.367 e. The first-order chi connectivity index (χ1) is 8.08. The molecule has 3 nitrogen and oxygen atoms in total. The highest BCUT2D eigenvalue weighted by Gasteiger charge is 2.28. The Labute approximate surface area is 116 Å². The summed E-state index contributed by atoms with van der Waals surface area (Å²) in [5.74, 6) is 0.755. The van der Waals surface area contributed by atoms with Crippen molar-refractivity contribution in [2.45, 2.75) is 31.8 Å². The molecule has 1 aliphatic rings. The van der Waals surface area contributed by atoms with Crippen LogP contribution in [-0.2, 0) is 0 Å². The van der Waals surface area contributed by atoms with Gasteiger partial charge in [-0.05, 0) is 48.8 Å². The Balaban J connectivity index is 1.88. The van der Waals surface area contributed by atoms with E-state index in [1.165, 1.54) is 12.8 Å². The molecular formula is C12H17BrClN3. The topological polar surface area (TPSA) is 28.2 Å². The van der Waals surface area contributed by atoms with Gasteiger partial charge in [0.15, 0.2) is 0 Å². The molecule has 0 bridgehead atoms. The van der Waals surface area contributed by atoms with E-state index in [1.807, 2.05) is 6.07 Å². The summed E-state index contributed by atoms with van der Waals surface area (Å²) in [4.78, 5) is 6.68. The molecule has 1 aromatic rings. The lowest BCUT2D eigenvalue weighted by Gasteiger charge is -2.25. The van der Waals surface area contributed by atoms with Crippen molar-refractivity contribution in [3.05, 3.63) is 21.8 Å². The lowest BCUT2D eigenvalue weighted by molar-refractivity contribution is 0.257. The quantitative estimate of drug-likeness (QED) is 0.902. The number of nitrogens with one attached hydrogen (secondary N) is 1. The highest BCUT2D eigenvalue weighted by molar-refractivity contribution is 9.10. The fourth-order valence-electron chi connectivity index (χ4n) is 1.77. The number of nitrogens with zero attached hydrogens (tertiary/aromatic N) is 2. The van der Waals surface area contributed by atoms with E-state index in [0.717, 1.165) is 22.9 Å². The number of likely N-dealkylation sites (N-methyl/N-ethyl adjacent to an activating group) is 1. The van der Waals surface area contributed by atoms with Crippen LogP contribution in [0.4, 0.5) is 5.82 Å². The fraction of sp³-hybridized carbons (Fsp3) is 0.583. The number of anilines is 1. The lowest BCUT2D eigenvalue weighted by atomic mass is 10.3. The first-order valence-electron chi connectivity index (χ1n) is 5.85. The zero-order chi connectivity index (χ0) is 12.4. The van der Waals surface area contributed by atoms with Crippen molar-refractivity contribution in [1.82, 2.24) is 9.88 Å². The standard InChI is InChI=1S/C12H17BrClN3/c1-8(17(2)10-3-4-10)6-15-12-11(14)5-9(13)7-16-12/h5,7-8,10H,3-4,6H2,1-2H3,(H,15,16). The van der Waals surface area contributed by atoms with Crippen molar-refractivity contribution in [3.8, 4) is 0 Å². The smallest absolute Gasteiger partial charge is 0.144 e. The Hall–Kier alpha value is -0.320. The van der Waals surface area contributed by atoms with Crippen LogP contribution >= 0.6 is 27.5 Å². The Morgan fingerprint density at radius 2 is 2.35 bits per heavy atom. The Bertz CT molecular complexity index is 395. The summed E-state index contributed by atoms with van der Waals surface area (Å²) in [5.41, 5.74) is 0. The van der Waals surface area contributed by atoms with Gasteiger partial charge < -0.3 is 5.32 Å². The lowest BCUT2D eigenvalue weighted by Crippen LogP contribution is -2.36. The predicted octanol–water partition coefficient (Wildman–Crippen LogP) is 3.39. The van der Waals surface area contributed by atoms with Crippen molar-refractivity contribution in [2.75, 3.05) is 18.9 Å². The van der Waals surface area contributed by atoms with Crippen LogP contribution < -0.4 is 5.32 Å². The molecule has 0 aliphatic heterocycles. The van der Waals surface area contributed by atoms with Gasteiger partial charge in [-0.15, -0.1) is 0 Å². The van der Waals surface area contributed by atoms with Crippen LogP contribution in [0.5, 0.6) is 0 Å². The highest BCUT2D eigenvalue weighted by atomic mass is 79.9. The van der Waals surface area contributed by atoms with E-state index in [2.05, 4.69) is 45.1 Å². The Morgan fingerprint density at radius 3 is 2.94 bits per heavy atom. The molecule has 94 valence electrons. The van der Waals surface area contributed by atoms with E-state index in [-0.39, 0.29) is 0 Å². The molecule has 17 heavy (non-hydrogen) atoms. The van der Waals surface area contributed by atoms with Crippen molar-refractivity contribution in [1.29, 1.82) is 0 Å². The number of halogens is 2. The second kappa shape index (κ2) is 5.55. The van der Waals surface area contributed by atoms with Gasteiger partial charge in [0.2, 0.25) is 0 Å². The van der Waals surface area contributed by atoms with E-state index in [1.54, 1.807) is 6.20 Å². The van der Waals surface area contributed by atoms with Crippen molar-refractivity contribution < 1.29 is 0 Å². The third-order valence-corrected chi connectivity index (χ3v) is 3.91. The first-order valence-corrected chi connectivity index (χ1v) is 7.02. The normalized spacial score (nSPS) is 17.2. The molecule has 0 amide bonds. The number of aromatic nitrogens is 1. The summed E-state index contributed by atoms with van der Waals surface area (Å²) in [6.45, 7) is 3.08. The molecule has 1 heterocycles. The molecule has 1 aliphatic carbocycles. The molecule has 2 rings (SSSR count). The average Bonchev–Trinajstić information content (AvgIpc) is 3.10. The van der Waals surface area contributed by atoms with Crippen LogP contribution in [0.2, 0.25) is 5.02 Å². The van der Waals surface area contributed by atoms with E-state index in [4.69, 9.17) is 11.6 Å². The van der Waals surface area contributed by atoms with Gasteiger partial charge in [-0.3, -0.25) is 4.90 Å². The first kappa shape index (κ1) is 13.1. The van der Waals surface area contributed by atoms with Crippen LogP contribution in [0.15, 0.2) is 16.7 Å². The molecule has 1 saturated carbocycles. The van der Waals surface area contributed by atoms with Crippen molar-refractivity contribution in [3.63, 3.8) is 0 Å². The van der Waals surface area contributed by atoms with Crippen LogP contribution in [0.3, 0.4) is 0 Å². The predicted molar refractivity (Wildman–Crippen MR) is 75.7 cm³/mol. The van der Waals surface area contributed by atoms with Gasteiger partial charge in [-0.25, -0.2) is 4.98 Å². The van der Waals surface area contributed by atoms with Gasteiger partial charge in [-0.1, -0.05) is 11.6 Å². The molecule has 1 N–H and O–H groups in total. The molecule has 0 spiro atoms. The second-order valence-electron chi connectivity index (χ2n) is 4.61. The zero-order valence-corrected chi connectivity index (χ0v) is 12.4. The molecule has 5 heteroatoms. The maximum Gasteiger partial charge on any atom is 0.144 e. The number of pyridine rings is 1. The van der Waals surface area contributed by atoms with Gasteiger partial charge in [0, 0.05) is 29.3 Å². The van der Waals surface area contributed by atoms with Crippen LogP contribution in [0.1, 0.15) is 19.8 Å². The molecule has 1 unspecified atom stereocenters. The number of hydrogen-bond donors (Lipinski definition) is 1. The van der Waals surface area contributed by atoms with E-state index in [9.17, 15) is 0 Å². The molecule has 0 saturated heterocycles. The summed E-state index contributed by atoms with van der Waals surface area (Å²) in [7, 11) is 2.18. The van der Waals surface area contributed by atoms with Crippen LogP contribution in [0.25, 0.3) is 0 Å². The molecule has 1 fully saturated rings. The average molecular weight is 319 g/mol. The van der Waals surface area contributed by atoms with Gasteiger partial charge in [0.25, 0.3) is 0 Å². The van der Waals surface area contributed by atoms with Gasteiger partial charge in [0.1, 0.15) is 5.82 Å². The minimum Gasteiger partial charge on any atom is -0.367 e. The summed E-state index contributed by atoms with van der Waals surface area (Å²) in [6.07, 6.45) is 4.42. The minimum atomic E-state index is 0.490. The van der Waals surface area contributed by atoms with E-state index < -0.39 is 0 Å². The summed E-state index contributed by atoms with van der Waals surface area (Å²) >= 11 is 9.44. The van der Waals surface area contributed by atoms with E-state index >= 15 is 0 Å². The number of hydrogen-bond acceptors (Lipinski definition) is 3. The third kappa shape index (κ3) is 3.57. The maximum atomic E-state index is 6.10. The summed E-state index contributed by atoms with van der Waals surface area (Å²) in [6, 6.07) is 3.12. The van der Waals surface area contributed by atoms with Crippen molar-refractivity contribution >= 4 is 33.3 Å². The van der Waals surface area contributed by atoms with Gasteiger partial charge in [0.05, 0.1) is 5.02 Å². The fourth-order valence-corrected chi connectivity index (χ4v) is 2.47. The number of rotatable bonds is 5. The molecule has 0 aromatic carbocycles. The molecular weight excluding hydrogens is 302 g/mol. The Morgan fingerprint density at radius 1 is 1.65 bits per heavy atom.